The van der Waals surface area contributed by atoms with Crippen molar-refractivity contribution in [1.82, 2.24) is 0 Å². The van der Waals surface area contributed by atoms with Gasteiger partial charge in [0.2, 0.25) is 0 Å². The zero-order valence-corrected chi connectivity index (χ0v) is 10.2. The normalized spacial score (nSPS) is 9.38. The fourth-order valence-electron chi connectivity index (χ4n) is 0.423. The van der Waals surface area contributed by atoms with E-state index in [-0.39, 0.29) is 5.97 Å². The quantitative estimate of drug-likeness (QED) is 0.348. The van der Waals surface area contributed by atoms with Gasteiger partial charge in [-0.1, -0.05) is 19.4 Å². The van der Waals surface area contributed by atoms with Gasteiger partial charge in [-0.05, 0) is 13.3 Å². The molecule has 0 bridgehead atoms. The molecule has 0 heterocycles. The summed E-state index contributed by atoms with van der Waals surface area (Å²) in [5, 5.41) is 0. The van der Waals surface area contributed by atoms with E-state index in [0.717, 1.165) is 6.42 Å². The molecule has 6 heteroatoms. The van der Waals surface area contributed by atoms with Crippen molar-refractivity contribution >= 4 is 16.1 Å². The van der Waals surface area contributed by atoms with Crippen LogP contribution in [-0.2, 0) is 19.6 Å². The first-order valence-electron chi connectivity index (χ1n) is 4.45. The number of rotatable bonds is 4. The van der Waals surface area contributed by atoms with E-state index in [4.69, 9.17) is 9.29 Å². The molecule has 0 saturated heterocycles. The van der Waals surface area contributed by atoms with Crippen molar-refractivity contribution in [3.8, 4) is 12.3 Å². The lowest BCUT2D eigenvalue weighted by atomic mass is 10.4. The zero-order valence-electron chi connectivity index (χ0n) is 9.39. The third-order valence-corrected chi connectivity index (χ3v) is 1.58. The average molecular weight is 248 g/mol. The topological polar surface area (TPSA) is 80.7 Å². The maximum Gasteiger partial charge on any atom is 0.333 e. The Morgan fingerprint density at radius 3 is 2.25 bits per heavy atom. The van der Waals surface area contributed by atoms with E-state index >= 15 is 0 Å². The van der Waals surface area contributed by atoms with Crippen LogP contribution in [0.5, 0.6) is 0 Å². The Bertz CT molecular complexity index is 361. The van der Waals surface area contributed by atoms with E-state index in [2.05, 4.69) is 13.0 Å². The number of ether oxygens (including phenoxy) is 1. The van der Waals surface area contributed by atoms with Crippen LogP contribution < -0.4 is 0 Å². The third kappa shape index (κ3) is 15.2. The number of carbonyl (C=O) groups excluding carboxylic acids is 1. The summed E-state index contributed by atoms with van der Waals surface area (Å²) >= 11 is 0. The van der Waals surface area contributed by atoms with E-state index in [1.54, 1.807) is 12.8 Å². The van der Waals surface area contributed by atoms with Crippen molar-refractivity contribution in [1.29, 1.82) is 0 Å². The van der Waals surface area contributed by atoms with Crippen LogP contribution in [-0.4, -0.2) is 31.3 Å². The van der Waals surface area contributed by atoms with Crippen LogP contribution >= 0.6 is 0 Å². The van der Waals surface area contributed by atoms with E-state index in [1.165, 1.54) is 0 Å². The minimum Gasteiger partial charge on any atom is -0.462 e. The maximum absolute atomic E-state index is 10.6. The SMILES string of the molecule is C#CCS(=O)(=O)O.C=C(C)C(=O)OCCC. The summed E-state index contributed by atoms with van der Waals surface area (Å²) in [7, 11) is -3.91. The molecule has 16 heavy (non-hydrogen) atoms. The predicted octanol–water partition coefficient (Wildman–Crippen LogP) is 1.02. The molecule has 0 amide bonds. The molecule has 0 fully saturated rings. The van der Waals surface area contributed by atoms with Crippen LogP contribution in [0.3, 0.4) is 0 Å². The molecule has 0 saturated carbocycles. The number of hydrogen-bond donors (Lipinski definition) is 1. The Kier molecular flexibility index (Phi) is 9.55. The van der Waals surface area contributed by atoms with Gasteiger partial charge >= 0.3 is 5.97 Å². The summed E-state index contributed by atoms with van der Waals surface area (Å²) < 4.78 is 31.9. The van der Waals surface area contributed by atoms with Crippen LogP contribution in [0.2, 0.25) is 0 Å². The molecule has 1 N–H and O–H groups in total. The molecule has 0 aromatic carbocycles. The van der Waals surface area contributed by atoms with Gasteiger partial charge in [-0.25, -0.2) is 4.79 Å². The van der Waals surface area contributed by atoms with E-state index in [0.29, 0.717) is 12.2 Å². The summed E-state index contributed by atoms with van der Waals surface area (Å²) in [5.41, 5.74) is 0.462. The smallest absolute Gasteiger partial charge is 0.333 e. The Morgan fingerprint density at radius 1 is 1.56 bits per heavy atom. The van der Waals surface area contributed by atoms with Crippen molar-refractivity contribution in [2.45, 2.75) is 20.3 Å². The number of terminal acetylenes is 1. The Hall–Kier alpha value is -1.32. The number of carbonyl (C=O) groups is 1. The molecule has 0 aliphatic rings. The van der Waals surface area contributed by atoms with Crippen LogP contribution in [0.4, 0.5) is 0 Å². The monoisotopic (exact) mass is 248 g/mol. The lowest BCUT2D eigenvalue weighted by Gasteiger charge is -1.99. The molecule has 0 aliphatic carbocycles. The molecule has 5 nitrogen and oxygen atoms in total. The van der Waals surface area contributed by atoms with Gasteiger partial charge in [0.15, 0.2) is 0 Å². The van der Waals surface area contributed by atoms with Gasteiger partial charge in [-0.3, -0.25) is 4.55 Å². The van der Waals surface area contributed by atoms with Crippen LogP contribution in [0.15, 0.2) is 12.2 Å². The number of hydrogen-bond acceptors (Lipinski definition) is 4. The van der Waals surface area contributed by atoms with Crippen molar-refractivity contribution in [3.05, 3.63) is 12.2 Å². The molecule has 0 aromatic rings. The second kappa shape index (κ2) is 8.95. The largest absolute Gasteiger partial charge is 0.462 e. The molecule has 0 radical (unpaired) electrons. The van der Waals surface area contributed by atoms with Crippen LogP contribution in [0.1, 0.15) is 20.3 Å². The Balaban J connectivity index is 0. The first kappa shape index (κ1) is 17.1. The van der Waals surface area contributed by atoms with Gasteiger partial charge in [0.05, 0.1) is 6.61 Å². The van der Waals surface area contributed by atoms with E-state index in [9.17, 15) is 13.2 Å². The second-order valence-electron chi connectivity index (χ2n) is 2.85. The first-order chi connectivity index (χ1) is 7.24. The highest BCUT2D eigenvalue weighted by Gasteiger charge is 1.99. The average Bonchev–Trinajstić information content (AvgIpc) is 2.13. The summed E-state index contributed by atoms with van der Waals surface area (Å²) in [6, 6.07) is 0. The standard InChI is InChI=1S/C7H12O2.C3H4O3S/c1-4-5-9-7(8)6(2)3;1-2-3-7(4,5)6/h2,4-5H2,1,3H3;1H,3H2,(H,4,5,6). The van der Waals surface area contributed by atoms with Gasteiger partial charge in [0.25, 0.3) is 10.1 Å². The summed E-state index contributed by atoms with van der Waals surface area (Å²) in [5.74, 6) is 0.871. The van der Waals surface area contributed by atoms with Gasteiger partial charge in [0, 0.05) is 5.57 Å². The fraction of sp³-hybridized carbons (Fsp3) is 0.500. The zero-order chi connectivity index (χ0) is 13.2. The van der Waals surface area contributed by atoms with E-state index < -0.39 is 15.9 Å². The molecule has 0 spiro atoms. The lowest BCUT2D eigenvalue weighted by molar-refractivity contribution is -0.138. The minimum atomic E-state index is -3.91. The molecular formula is C10H16O5S. The fourth-order valence-corrected chi connectivity index (χ4v) is 0.634. The van der Waals surface area contributed by atoms with Crippen molar-refractivity contribution in [2.75, 3.05) is 12.4 Å². The highest BCUT2D eigenvalue weighted by atomic mass is 32.2. The van der Waals surface area contributed by atoms with Crippen LogP contribution in [0.25, 0.3) is 0 Å². The van der Waals surface area contributed by atoms with Crippen molar-refractivity contribution in [3.63, 3.8) is 0 Å². The van der Waals surface area contributed by atoms with Gasteiger partial charge < -0.3 is 4.74 Å². The minimum absolute atomic E-state index is 0.295. The highest BCUT2D eigenvalue weighted by Crippen LogP contribution is 1.91. The summed E-state index contributed by atoms with van der Waals surface area (Å²) in [6.07, 6.45) is 5.39. The Morgan fingerprint density at radius 2 is 2.06 bits per heavy atom. The predicted molar refractivity (Wildman–Crippen MR) is 61.3 cm³/mol. The molecule has 92 valence electrons. The maximum atomic E-state index is 10.6. The van der Waals surface area contributed by atoms with Gasteiger partial charge in [0.1, 0.15) is 5.75 Å². The van der Waals surface area contributed by atoms with Gasteiger partial charge in [-0.15, -0.1) is 6.42 Å². The second-order valence-corrected chi connectivity index (χ2v) is 4.30. The molecule has 0 unspecified atom stereocenters. The summed E-state index contributed by atoms with van der Waals surface area (Å²) in [6.45, 7) is 7.51. The highest BCUT2D eigenvalue weighted by molar-refractivity contribution is 7.86. The van der Waals surface area contributed by atoms with Gasteiger partial charge in [-0.2, -0.15) is 8.42 Å². The summed E-state index contributed by atoms with van der Waals surface area (Å²) in [4.78, 5) is 10.6. The van der Waals surface area contributed by atoms with Crippen molar-refractivity contribution < 1.29 is 22.5 Å². The first-order valence-corrected chi connectivity index (χ1v) is 6.06. The molecular weight excluding hydrogens is 232 g/mol. The van der Waals surface area contributed by atoms with E-state index in [1.807, 2.05) is 6.92 Å². The number of esters is 1. The molecule has 0 aliphatic heterocycles. The van der Waals surface area contributed by atoms with Crippen molar-refractivity contribution in [2.24, 2.45) is 0 Å². The molecule has 0 aromatic heterocycles. The lowest BCUT2D eigenvalue weighted by Crippen LogP contribution is -2.04. The Labute approximate surface area is 96.2 Å². The molecule has 0 atom stereocenters. The van der Waals surface area contributed by atoms with Crippen LogP contribution in [0, 0.1) is 12.3 Å². The third-order valence-electron chi connectivity index (χ3n) is 1.05. The molecule has 0 rings (SSSR count).